The first-order chi connectivity index (χ1) is 12.1. The van der Waals surface area contributed by atoms with Crippen LogP contribution in [0.3, 0.4) is 0 Å². The molecule has 1 aromatic carbocycles. The normalized spacial score (nSPS) is 16.5. The van der Waals surface area contributed by atoms with Crippen LogP contribution in [0.25, 0.3) is 5.65 Å². The standard InChI is InChI=1S/C19H21N5O/c1-13-20-18-16(10-6-12-24(18)22-13)21-19(25)23(2)17-11-5-8-14-7-3-4-9-15(14)17/h3-4,6-7,9-10,12,17H,5,8,11H2,1-2H3,(H,21,25)/t17-/m0/s1. The number of benzene rings is 1. The average molecular weight is 335 g/mol. The highest BCUT2D eigenvalue weighted by Crippen LogP contribution is 2.33. The van der Waals surface area contributed by atoms with E-state index in [0.717, 1.165) is 19.3 Å². The summed E-state index contributed by atoms with van der Waals surface area (Å²) in [5, 5.41) is 7.28. The second-order valence-corrected chi connectivity index (χ2v) is 6.50. The molecule has 4 rings (SSSR count). The van der Waals surface area contributed by atoms with Gasteiger partial charge in [0, 0.05) is 13.2 Å². The van der Waals surface area contributed by atoms with Crippen molar-refractivity contribution in [2.75, 3.05) is 12.4 Å². The van der Waals surface area contributed by atoms with Crippen molar-refractivity contribution < 1.29 is 4.79 Å². The van der Waals surface area contributed by atoms with Crippen molar-refractivity contribution in [1.29, 1.82) is 0 Å². The number of nitrogens with one attached hydrogen (secondary N) is 1. The second kappa shape index (κ2) is 6.20. The Kier molecular flexibility index (Phi) is 3.87. The number of nitrogens with zero attached hydrogens (tertiary/aromatic N) is 4. The van der Waals surface area contributed by atoms with Gasteiger partial charge < -0.3 is 10.2 Å². The van der Waals surface area contributed by atoms with Gasteiger partial charge in [0.05, 0.1) is 11.7 Å². The van der Waals surface area contributed by atoms with Crippen molar-refractivity contribution in [2.24, 2.45) is 0 Å². The smallest absolute Gasteiger partial charge is 0.321 e. The van der Waals surface area contributed by atoms with E-state index in [4.69, 9.17) is 0 Å². The summed E-state index contributed by atoms with van der Waals surface area (Å²) in [6, 6.07) is 12.1. The molecule has 6 nitrogen and oxygen atoms in total. The Morgan fingerprint density at radius 1 is 1.28 bits per heavy atom. The lowest BCUT2D eigenvalue weighted by atomic mass is 9.87. The Morgan fingerprint density at radius 2 is 2.12 bits per heavy atom. The number of aromatic nitrogens is 3. The van der Waals surface area contributed by atoms with Crippen LogP contribution >= 0.6 is 0 Å². The number of pyridine rings is 1. The Bertz CT molecular complexity index is 932. The number of anilines is 1. The molecular weight excluding hydrogens is 314 g/mol. The summed E-state index contributed by atoms with van der Waals surface area (Å²) in [5.41, 5.74) is 3.92. The molecule has 0 saturated heterocycles. The molecule has 128 valence electrons. The van der Waals surface area contributed by atoms with E-state index in [0.29, 0.717) is 17.2 Å². The van der Waals surface area contributed by atoms with Gasteiger partial charge in [0.25, 0.3) is 0 Å². The van der Waals surface area contributed by atoms with Gasteiger partial charge in [0.1, 0.15) is 5.82 Å². The summed E-state index contributed by atoms with van der Waals surface area (Å²) in [5.74, 6) is 0.677. The maximum Gasteiger partial charge on any atom is 0.322 e. The van der Waals surface area contributed by atoms with Crippen LogP contribution in [0.4, 0.5) is 10.5 Å². The number of fused-ring (bicyclic) bond motifs is 2. The summed E-state index contributed by atoms with van der Waals surface area (Å²) < 4.78 is 1.68. The van der Waals surface area contributed by atoms with Crippen molar-refractivity contribution in [3.8, 4) is 0 Å². The third-order valence-electron chi connectivity index (χ3n) is 4.84. The summed E-state index contributed by atoms with van der Waals surface area (Å²) >= 11 is 0. The Labute approximate surface area is 146 Å². The van der Waals surface area contributed by atoms with Crippen molar-refractivity contribution in [3.05, 3.63) is 59.5 Å². The maximum atomic E-state index is 12.8. The van der Waals surface area contributed by atoms with E-state index >= 15 is 0 Å². The third-order valence-corrected chi connectivity index (χ3v) is 4.84. The lowest BCUT2D eigenvalue weighted by molar-refractivity contribution is 0.197. The quantitative estimate of drug-likeness (QED) is 0.778. The molecule has 0 aliphatic heterocycles. The van der Waals surface area contributed by atoms with Gasteiger partial charge in [-0.05, 0) is 49.4 Å². The Morgan fingerprint density at radius 3 is 3.00 bits per heavy atom. The minimum Gasteiger partial charge on any atom is -0.321 e. The van der Waals surface area contributed by atoms with Gasteiger partial charge in [0.15, 0.2) is 5.65 Å². The molecule has 1 N–H and O–H groups in total. The van der Waals surface area contributed by atoms with Gasteiger partial charge in [-0.1, -0.05) is 24.3 Å². The molecule has 2 amide bonds. The van der Waals surface area contributed by atoms with Crippen LogP contribution in [-0.4, -0.2) is 32.6 Å². The van der Waals surface area contributed by atoms with E-state index in [-0.39, 0.29) is 12.1 Å². The average Bonchev–Trinajstić information content (AvgIpc) is 3.02. The number of hydrogen-bond acceptors (Lipinski definition) is 3. The minimum atomic E-state index is -0.129. The van der Waals surface area contributed by atoms with Crippen LogP contribution in [0.1, 0.15) is 35.8 Å². The molecule has 0 unspecified atom stereocenters. The first kappa shape index (κ1) is 15.6. The molecular formula is C19H21N5O. The number of aryl methyl sites for hydroxylation is 2. The lowest BCUT2D eigenvalue weighted by Gasteiger charge is -2.33. The van der Waals surface area contributed by atoms with Crippen molar-refractivity contribution in [3.63, 3.8) is 0 Å². The van der Waals surface area contributed by atoms with Gasteiger partial charge in [-0.3, -0.25) is 0 Å². The molecule has 1 aliphatic rings. The number of hydrogen-bond donors (Lipinski definition) is 1. The van der Waals surface area contributed by atoms with Gasteiger partial charge >= 0.3 is 6.03 Å². The molecule has 0 spiro atoms. The van der Waals surface area contributed by atoms with Crippen molar-refractivity contribution >= 4 is 17.4 Å². The van der Waals surface area contributed by atoms with Crippen LogP contribution in [0.15, 0.2) is 42.6 Å². The van der Waals surface area contributed by atoms with E-state index in [2.05, 4.69) is 33.6 Å². The van der Waals surface area contributed by atoms with E-state index in [9.17, 15) is 4.79 Å². The number of amides is 2. The highest BCUT2D eigenvalue weighted by atomic mass is 16.2. The summed E-state index contributed by atoms with van der Waals surface area (Å²) in [7, 11) is 1.86. The van der Waals surface area contributed by atoms with Gasteiger partial charge in [-0.15, -0.1) is 0 Å². The molecule has 6 heteroatoms. The zero-order valence-electron chi connectivity index (χ0n) is 14.4. The van der Waals surface area contributed by atoms with Gasteiger partial charge in [0.2, 0.25) is 0 Å². The van der Waals surface area contributed by atoms with E-state index in [1.54, 1.807) is 9.42 Å². The van der Waals surface area contributed by atoms with Crippen LogP contribution in [0.2, 0.25) is 0 Å². The summed E-state index contributed by atoms with van der Waals surface area (Å²) in [4.78, 5) is 19.0. The predicted octanol–water partition coefficient (Wildman–Crippen LogP) is 3.58. The first-order valence-corrected chi connectivity index (χ1v) is 8.57. The van der Waals surface area contributed by atoms with Crippen molar-refractivity contribution in [1.82, 2.24) is 19.5 Å². The molecule has 25 heavy (non-hydrogen) atoms. The second-order valence-electron chi connectivity index (χ2n) is 6.50. The lowest BCUT2D eigenvalue weighted by Crippen LogP contribution is -2.36. The molecule has 3 aromatic rings. The van der Waals surface area contributed by atoms with Gasteiger partial charge in [-0.25, -0.2) is 14.3 Å². The Hall–Kier alpha value is -2.89. The van der Waals surface area contributed by atoms with Crippen LogP contribution in [0.5, 0.6) is 0 Å². The zero-order chi connectivity index (χ0) is 17.4. The molecule has 0 fully saturated rings. The van der Waals surface area contributed by atoms with Gasteiger partial charge in [-0.2, -0.15) is 5.10 Å². The topological polar surface area (TPSA) is 62.5 Å². The fraction of sp³-hybridized carbons (Fsp3) is 0.316. The number of urea groups is 1. The predicted molar refractivity (Wildman–Crippen MR) is 96.6 cm³/mol. The molecule has 0 saturated carbocycles. The number of carbonyl (C=O) groups excluding carboxylic acids is 1. The van der Waals surface area contributed by atoms with Crippen molar-refractivity contribution in [2.45, 2.75) is 32.2 Å². The van der Waals surface area contributed by atoms with Crippen LogP contribution in [0, 0.1) is 6.92 Å². The monoisotopic (exact) mass is 335 g/mol. The SMILES string of the molecule is Cc1nc2c(NC(=O)N(C)[C@H]3CCCc4ccccc43)cccn2n1. The van der Waals surface area contributed by atoms with Crippen LogP contribution in [-0.2, 0) is 6.42 Å². The minimum absolute atomic E-state index is 0.101. The molecule has 0 bridgehead atoms. The molecule has 2 heterocycles. The number of rotatable bonds is 2. The molecule has 0 radical (unpaired) electrons. The number of carbonyl (C=O) groups is 1. The molecule has 1 atom stereocenters. The fourth-order valence-electron chi connectivity index (χ4n) is 3.59. The largest absolute Gasteiger partial charge is 0.322 e. The fourth-order valence-corrected chi connectivity index (χ4v) is 3.59. The van der Waals surface area contributed by atoms with E-state index in [1.165, 1.54) is 11.1 Å². The molecule has 2 aromatic heterocycles. The highest BCUT2D eigenvalue weighted by molar-refractivity contribution is 5.93. The van der Waals surface area contributed by atoms with E-state index < -0.39 is 0 Å². The third kappa shape index (κ3) is 2.84. The van der Waals surface area contributed by atoms with E-state index in [1.807, 2.05) is 38.4 Å². The van der Waals surface area contributed by atoms with Crippen LogP contribution < -0.4 is 5.32 Å². The zero-order valence-corrected chi connectivity index (χ0v) is 14.4. The molecule has 1 aliphatic carbocycles. The maximum absolute atomic E-state index is 12.8. The summed E-state index contributed by atoms with van der Waals surface area (Å²) in [6.07, 6.45) is 4.99. The Balaban J connectivity index is 1.59. The summed E-state index contributed by atoms with van der Waals surface area (Å²) in [6.45, 7) is 1.84. The highest BCUT2D eigenvalue weighted by Gasteiger charge is 2.26. The first-order valence-electron chi connectivity index (χ1n) is 8.57.